The smallest absolute Gasteiger partial charge is 0.373 e. The number of aryl methyl sites for hydroxylation is 2. The molecule has 3 rings (SSSR count). The van der Waals surface area contributed by atoms with Gasteiger partial charge in [0.15, 0.2) is 0 Å². The molecule has 8 heteroatoms. The van der Waals surface area contributed by atoms with Gasteiger partial charge < -0.3 is 10.1 Å². The molecule has 2 aromatic carbocycles. The van der Waals surface area contributed by atoms with Crippen molar-refractivity contribution in [1.82, 2.24) is 9.97 Å². The second-order valence-electron chi connectivity index (χ2n) is 5.60. The van der Waals surface area contributed by atoms with Gasteiger partial charge in [-0.1, -0.05) is 29.8 Å². The Balaban J connectivity index is 2.00. The first-order valence-corrected chi connectivity index (χ1v) is 8.09. The fourth-order valence-corrected chi connectivity index (χ4v) is 2.54. The first-order valence-electron chi connectivity index (χ1n) is 7.71. The predicted molar refractivity (Wildman–Crippen MR) is 99.4 cm³/mol. The average Bonchev–Trinajstić information content (AvgIpc) is 2.60. The lowest BCUT2D eigenvalue weighted by atomic mass is 10.1. The fraction of sp³-hybridized carbons (Fsp3) is 0.111. The van der Waals surface area contributed by atoms with Gasteiger partial charge in [-0.25, -0.2) is 4.98 Å². The minimum Gasteiger partial charge on any atom is -0.434 e. The maximum atomic E-state index is 11.6. The highest BCUT2D eigenvalue weighted by atomic mass is 35.5. The van der Waals surface area contributed by atoms with Crippen LogP contribution in [0.4, 0.5) is 17.2 Å². The number of anilines is 2. The van der Waals surface area contributed by atoms with Crippen molar-refractivity contribution in [3.05, 3.63) is 75.1 Å². The lowest BCUT2D eigenvalue weighted by molar-refractivity contribution is -0.385. The molecule has 3 aromatic rings. The van der Waals surface area contributed by atoms with Gasteiger partial charge >= 0.3 is 11.6 Å². The highest BCUT2D eigenvalue weighted by molar-refractivity contribution is 6.32. The van der Waals surface area contributed by atoms with Gasteiger partial charge in [-0.05, 0) is 49.2 Å². The number of ether oxygens (including phenoxy) is 1. The molecule has 1 aromatic heterocycles. The number of halogens is 1. The number of benzene rings is 2. The van der Waals surface area contributed by atoms with Crippen LogP contribution in [0.3, 0.4) is 0 Å². The molecule has 0 unspecified atom stereocenters. The highest BCUT2D eigenvalue weighted by Crippen LogP contribution is 2.36. The number of hydrogen-bond donors (Lipinski definition) is 1. The van der Waals surface area contributed by atoms with Crippen LogP contribution < -0.4 is 10.1 Å². The SMILES string of the molecule is Cc1cc(Oc2ncnc(Nc3ccccc3)c2[N+](=O)[O-])cc(C)c1Cl. The number of nitrogens with one attached hydrogen (secondary N) is 1. The minimum atomic E-state index is -0.573. The van der Waals surface area contributed by atoms with Crippen molar-refractivity contribution in [2.45, 2.75) is 13.8 Å². The Labute approximate surface area is 154 Å². The summed E-state index contributed by atoms with van der Waals surface area (Å²) in [7, 11) is 0. The van der Waals surface area contributed by atoms with E-state index in [9.17, 15) is 10.1 Å². The van der Waals surface area contributed by atoms with Gasteiger partial charge in [-0.3, -0.25) is 10.1 Å². The molecule has 26 heavy (non-hydrogen) atoms. The second kappa shape index (κ2) is 7.37. The summed E-state index contributed by atoms with van der Waals surface area (Å²) in [6.45, 7) is 3.66. The molecular weight excluding hydrogens is 356 g/mol. The molecule has 1 N–H and O–H groups in total. The molecule has 0 radical (unpaired) electrons. The molecule has 0 atom stereocenters. The number of rotatable bonds is 5. The Morgan fingerprint density at radius 3 is 2.38 bits per heavy atom. The predicted octanol–water partition coefficient (Wildman–Crippen LogP) is 5.19. The Morgan fingerprint density at radius 1 is 1.12 bits per heavy atom. The van der Waals surface area contributed by atoms with Crippen molar-refractivity contribution in [1.29, 1.82) is 0 Å². The number of para-hydroxylation sites is 1. The third-order valence-corrected chi connectivity index (χ3v) is 4.23. The van der Waals surface area contributed by atoms with Crippen LogP contribution in [-0.2, 0) is 0 Å². The van der Waals surface area contributed by atoms with Crippen LogP contribution in [0.2, 0.25) is 5.02 Å². The van der Waals surface area contributed by atoms with Crippen molar-refractivity contribution in [3.63, 3.8) is 0 Å². The topological polar surface area (TPSA) is 90.2 Å². The molecule has 0 spiro atoms. The number of nitro groups is 1. The average molecular weight is 371 g/mol. The van der Waals surface area contributed by atoms with Gasteiger partial charge in [0.2, 0.25) is 5.82 Å². The van der Waals surface area contributed by atoms with Crippen molar-refractivity contribution in [2.24, 2.45) is 0 Å². The van der Waals surface area contributed by atoms with Crippen molar-refractivity contribution in [2.75, 3.05) is 5.32 Å². The summed E-state index contributed by atoms with van der Waals surface area (Å²) in [5, 5.41) is 15.1. The van der Waals surface area contributed by atoms with E-state index in [0.717, 1.165) is 11.1 Å². The van der Waals surface area contributed by atoms with E-state index in [-0.39, 0.29) is 17.4 Å². The van der Waals surface area contributed by atoms with Crippen LogP contribution >= 0.6 is 11.6 Å². The molecule has 0 aliphatic carbocycles. The third-order valence-electron chi connectivity index (χ3n) is 3.63. The zero-order valence-electron chi connectivity index (χ0n) is 14.1. The van der Waals surface area contributed by atoms with Crippen LogP contribution in [0.1, 0.15) is 11.1 Å². The van der Waals surface area contributed by atoms with Gasteiger partial charge in [0, 0.05) is 10.7 Å². The number of nitrogens with zero attached hydrogens (tertiary/aromatic N) is 3. The summed E-state index contributed by atoms with van der Waals surface area (Å²) in [6.07, 6.45) is 1.21. The Kier molecular flexibility index (Phi) is 4.99. The van der Waals surface area contributed by atoms with Crippen LogP contribution in [0.25, 0.3) is 0 Å². The van der Waals surface area contributed by atoms with E-state index < -0.39 is 4.92 Å². The molecule has 0 aliphatic rings. The van der Waals surface area contributed by atoms with E-state index in [1.54, 1.807) is 24.3 Å². The second-order valence-corrected chi connectivity index (χ2v) is 5.98. The van der Waals surface area contributed by atoms with E-state index in [0.29, 0.717) is 16.5 Å². The number of hydrogen-bond acceptors (Lipinski definition) is 6. The van der Waals surface area contributed by atoms with Gasteiger partial charge in [0.05, 0.1) is 4.92 Å². The largest absolute Gasteiger partial charge is 0.434 e. The molecule has 132 valence electrons. The van der Waals surface area contributed by atoms with Crippen molar-refractivity contribution < 1.29 is 9.66 Å². The summed E-state index contributed by atoms with van der Waals surface area (Å²) in [5.74, 6) is 0.315. The van der Waals surface area contributed by atoms with Crippen LogP contribution in [0, 0.1) is 24.0 Å². The molecule has 0 aliphatic heterocycles. The minimum absolute atomic E-state index is 0.0496. The molecule has 7 nitrogen and oxygen atoms in total. The van der Waals surface area contributed by atoms with E-state index in [1.165, 1.54) is 6.33 Å². The summed E-state index contributed by atoms with van der Waals surface area (Å²) in [4.78, 5) is 18.9. The van der Waals surface area contributed by atoms with Crippen LogP contribution in [0.5, 0.6) is 11.6 Å². The standard InChI is InChI=1S/C18H15ClN4O3/c1-11-8-14(9-12(2)15(11)19)26-18-16(23(24)25)17(20-10-21-18)22-13-6-4-3-5-7-13/h3-10H,1-2H3,(H,20,21,22). The zero-order chi connectivity index (χ0) is 18.7. The lowest BCUT2D eigenvalue weighted by Crippen LogP contribution is -2.03. The van der Waals surface area contributed by atoms with Crippen molar-refractivity contribution >= 4 is 28.8 Å². The fourth-order valence-electron chi connectivity index (χ4n) is 2.43. The Hall–Kier alpha value is -3.19. The summed E-state index contributed by atoms with van der Waals surface area (Å²) < 4.78 is 5.67. The summed E-state index contributed by atoms with van der Waals surface area (Å²) in [5.41, 5.74) is 1.93. The third kappa shape index (κ3) is 3.73. The maximum absolute atomic E-state index is 11.6. The lowest BCUT2D eigenvalue weighted by Gasteiger charge is -2.11. The zero-order valence-corrected chi connectivity index (χ0v) is 14.8. The van der Waals surface area contributed by atoms with E-state index in [2.05, 4.69) is 15.3 Å². The van der Waals surface area contributed by atoms with Gasteiger partial charge in [-0.2, -0.15) is 4.98 Å². The molecule has 0 saturated carbocycles. The summed E-state index contributed by atoms with van der Waals surface area (Å²) in [6, 6.07) is 12.4. The molecular formula is C18H15ClN4O3. The quantitative estimate of drug-likeness (QED) is 0.491. The normalized spacial score (nSPS) is 10.4. The molecule has 0 amide bonds. The highest BCUT2D eigenvalue weighted by Gasteiger charge is 2.25. The first kappa shape index (κ1) is 17.6. The maximum Gasteiger partial charge on any atom is 0.373 e. The van der Waals surface area contributed by atoms with E-state index >= 15 is 0 Å². The molecule has 1 heterocycles. The Morgan fingerprint density at radius 2 is 1.77 bits per heavy atom. The molecule has 0 saturated heterocycles. The van der Waals surface area contributed by atoms with E-state index in [1.807, 2.05) is 32.0 Å². The monoisotopic (exact) mass is 370 g/mol. The van der Waals surface area contributed by atoms with Crippen molar-refractivity contribution in [3.8, 4) is 11.6 Å². The molecule has 0 bridgehead atoms. The summed E-state index contributed by atoms with van der Waals surface area (Å²) >= 11 is 6.15. The number of aromatic nitrogens is 2. The first-order chi connectivity index (χ1) is 12.5. The van der Waals surface area contributed by atoms with Crippen LogP contribution in [0.15, 0.2) is 48.8 Å². The van der Waals surface area contributed by atoms with E-state index in [4.69, 9.17) is 16.3 Å². The van der Waals surface area contributed by atoms with Gasteiger partial charge in [0.25, 0.3) is 0 Å². The molecule has 0 fully saturated rings. The Bertz CT molecular complexity index is 941. The van der Waals surface area contributed by atoms with Gasteiger partial charge in [0.1, 0.15) is 12.1 Å². The van der Waals surface area contributed by atoms with Gasteiger partial charge in [-0.15, -0.1) is 0 Å². The van der Waals surface area contributed by atoms with Crippen LogP contribution in [-0.4, -0.2) is 14.9 Å².